The lowest BCUT2D eigenvalue weighted by Gasteiger charge is -2.09. The van der Waals surface area contributed by atoms with E-state index in [1.54, 1.807) is 14.2 Å². The largest absolute Gasteiger partial charge is 0.493 e. The lowest BCUT2D eigenvalue weighted by atomic mass is 10.2. The zero-order chi connectivity index (χ0) is 9.14. The van der Waals surface area contributed by atoms with Gasteiger partial charge in [0, 0.05) is 3.57 Å². The van der Waals surface area contributed by atoms with Gasteiger partial charge < -0.3 is 9.47 Å². The molecule has 0 aliphatic rings. The number of benzene rings is 1. The van der Waals surface area contributed by atoms with Gasteiger partial charge in [0.1, 0.15) is 0 Å². The summed E-state index contributed by atoms with van der Waals surface area (Å²) >= 11 is 2.27. The summed E-state index contributed by atoms with van der Waals surface area (Å²) in [6.07, 6.45) is 0. The molecule has 0 saturated carbocycles. The maximum atomic E-state index is 5.14. The van der Waals surface area contributed by atoms with Crippen LogP contribution in [-0.2, 0) is 0 Å². The van der Waals surface area contributed by atoms with Crippen molar-refractivity contribution in [2.45, 2.75) is 6.92 Å². The smallest absolute Gasteiger partial charge is 0.161 e. The predicted octanol–water partition coefficient (Wildman–Crippen LogP) is 2.62. The molecule has 0 fully saturated rings. The topological polar surface area (TPSA) is 18.5 Å². The van der Waals surface area contributed by atoms with E-state index in [1.807, 2.05) is 19.1 Å². The third-order valence-electron chi connectivity index (χ3n) is 1.66. The highest BCUT2D eigenvalue weighted by molar-refractivity contribution is 14.1. The van der Waals surface area contributed by atoms with Crippen LogP contribution in [0.15, 0.2) is 12.1 Å². The summed E-state index contributed by atoms with van der Waals surface area (Å²) in [4.78, 5) is 0. The molecule has 0 aliphatic heterocycles. The Morgan fingerprint density at radius 1 is 1.08 bits per heavy atom. The SMILES string of the molecule is COc1cc(C)c(I)cc1OC. The van der Waals surface area contributed by atoms with Gasteiger partial charge in [0.05, 0.1) is 14.2 Å². The van der Waals surface area contributed by atoms with Gasteiger partial charge in [-0.25, -0.2) is 0 Å². The Hall–Kier alpha value is -0.450. The number of ether oxygens (including phenoxy) is 2. The van der Waals surface area contributed by atoms with Crippen molar-refractivity contribution in [3.8, 4) is 11.5 Å². The number of hydrogen-bond donors (Lipinski definition) is 0. The van der Waals surface area contributed by atoms with Crippen molar-refractivity contribution >= 4 is 22.6 Å². The Labute approximate surface area is 86.0 Å². The average Bonchev–Trinajstić information content (AvgIpc) is 2.09. The Balaban J connectivity index is 3.19. The molecule has 0 aromatic heterocycles. The third kappa shape index (κ3) is 1.83. The Kier molecular flexibility index (Phi) is 3.20. The first-order valence-corrected chi connectivity index (χ1v) is 4.65. The zero-order valence-electron chi connectivity index (χ0n) is 7.35. The van der Waals surface area contributed by atoms with Crippen LogP contribution in [0.3, 0.4) is 0 Å². The van der Waals surface area contributed by atoms with Crippen LogP contribution >= 0.6 is 22.6 Å². The van der Waals surface area contributed by atoms with Gasteiger partial charge >= 0.3 is 0 Å². The maximum absolute atomic E-state index is 5.14. The number of halogens is 1. The predicted molar refractivity (Wildman–Crippen MR) is 57.0 cm³/mol. The first-order chi connectivity index (χ1) is 5.69. The van der Waals surface area contributed by atoms with Gasteiger partial charge in [-0.15, -0.1) is 0 Å². The van der Waals surface area contributed by atoms with Gasteiger partial charge in [0.25, 0.3) is 0 Å². The van der Waals surface area contributed by atoms with Crippen LogP contribution in [0.5, 0.6) is 11.5 Å². The van der Waals surface area contributed by atoms with E-state index in [9.17, 15) is 0 Å². The van der Waals surface area contributed by atoms with Crippen molar-refractivity contribution in [1.29, 1.82) is 0 Å². The molecule has 2 nitrogen and oxygen atoms in total. The summed E-state index contributed by atoms with van der Waals surface area (Å²) in [5.74, 6) is 1.57. The monoisotopic (exact) mass is 278 g/mol. The molecule has 0 bridgehead atoms. The normalized spacial score (nSPS) is 9.67. The third-order valence-corrected chi connectivity index (χ3v) is 2.83. The van der Waals surface area contributed by atoms with Gasteiger partial charge in [-0.3, -0.25) is 0 Å². The van der Waals surface area contributed by atoms with E-state index in [-0.39, 0.29) is 0 Å². The van der Waals surface area contributed by atoms with Crippen molar-refractivity contribution in [3.05, 3.63) is 21.3 Å². The van der Waals surface area contributed by atoms with Gasteiger partial charge in [-0.2, -0.15) is 0 Å². The fourth-order valence-corrected chi connectivity index (χ4v) is 1.39. The molecular formula is C9H11IO2. The summed E-state index contributed by atoms with van der Waals surface area (Å²) in [6.45, 7) is 2.05. The average molecular weight is 278 g/mol. The molecule has 0 saturated heterocycles. The van der Waals surface area contributed by atoms with Crippen LogP contribution in [0.1, 0.15) is 5.56 Å². The summed E-state index contributed by atoms with van der Waals surface area (Å²) in [5, 5.41) is 0. The molecule has 3 heteroatoms. The molecule has 0 N–H and O–H groups in total. The Morgan fingerprint density at radius 2 is 1.58 bits per heavy atom. The molecule has 1 rings (SSSR count). The van der Waals surface area contributed by atoms with Crippen LogP contribution in [0.25, 0.3) is 0 Å². The van der Waals surface area contributed by atoms with E-state index < -0.39 is 0 Å². The summed E-state index contributed by atoms with van der Waals surface area (Å²) in [7, 11) is 3.29. The molecule has 12 heavy (non-hydrogen) atoms. The van der Waals surface area contributed by atoms with Crippen molar-refractivity contribution in [1.82, 2.24) is 0 Å². The van der Waals surface area contributed by atoms with Crippen molar-refractivity contribution < 1.29 is 9.47 Å². The molecule has 1 aromatic rings. The second-order valence-corrected chi connectivity index (χ2v) is 3.62. The van der Waals surface area contributed by atoms with Gasteiger partial charge in [-0.05, 0) is 47.2 Å². The van der Waals surface area contributed by atoms with Crippen LogP contribution in [0.2, 0.25) is 0 Å². The molecule has 0 radical (unpaired) electrons. The summed E-state index contributed by atoms with van der Waals surface area (Å²) in [5.41, 5.74) is 1.20. The zero-order valence-corrected chi connectivity index (χ0v) is 9.51. The maximum Gasteiger partial charge on any atom is 0.161 e. The fraction of sp³-hybridized carbons (Fsp3) is 0.333. The molecule has 0 amide bonds. The molecular weight excluding hydrogens is 267 g/mol. The van der Waals surface area contributed by atoms with E-state index in [2.05, 4.69) is 22.6 Å². The molecule has 0 spiro atoms. The number of rotatable bonds is 2. The van der Waals surface area contributed by atoms with Crippen LogP contribution in [0.4, 0.5) is 0 Å². The highest BCUT2D eigenvalue weighted by Gasteiger charge is 2.05. The van der Waals surface area contributed by atoms with E-state index in [0.717, 1.165) is 11.5 Å². The quantitative estimate of drug-likeness (QED) is 0.774. The van der Waals surface area contributed by atoms with E-state index in [1.165, 1.54) is 9.13 Å². The van der Waals surface area contributed by atoms with Crippen molar-refractivity contribution in [3.63, 3.8) is 0 Å². The van der Waals surface area contributed by atoms with E-state index in [4.69, 9.17) is 9.47 Å². The summed E-state index contributed by atoms with van der Waals surface area (Å²) < 4.78 is 11.5. The minimum atomic E-state index is 0.785. The molecule has 0 aliphatic carbocycles. The molecule has 0 heterocycles. The number of hydrogen-bond acceptors (Lipinski definition) is 2. The highest BCUT2D eigenvalue weighted by Crippen LogP contribution is 2.30. The second kappa shape index (κ2) is 3.98. The number of methoxy groups -OCH3 is 2. The van der Waals surface area contributed by atoms with Crippen LogP contribution in [-0.4, -0.2) is 14.2 Å². The Morgan fingerprint density at radius 3 is 2.08 bits per heavy atom. The van der Waals surface area contributed by atoms with Crippen LogP contribution < -0.4 is 9.47 Å². The second-order valence-electron chi connectivity index (χ2n) is 2.46. The first kappa shape index (κ1) is 9.64. The van der Waals surface area contributed by atoms with Gasteiger partial charge in [0.15, 0.2) is 11.5 Å². The highest BCUT2D eigenvalue weighted by atomic mass is 127. The van der Waals surface area contributed by atoms with Crippen molar-refractivity contribution in [2.75, 3.05) is 14.2 Å². The molecule has 0 unspecified atom stereocenters. The number of aryl methyl sites for hydroxylation is 1. The Bertz CT molecular complexity index is 255. The standard InChI is InChI=1S/C9H11IO2/c1-6-4-8(11-2)9(12-3)5-7(6)10/h4-5H,1-3H3. The van der Waals surface area contributed by atoms with Crippen LogP contribution in [0, 0.1) is 10.5 Å². The summed E-state index contributed by atoms with van der Waals surface area (Å²) in [6, 6.07) is 3.94. The lowest BCUT2D eigenvalue weighted by molar-refractivity contribution is 0.354. The lowest BCUT2D eigenvalue weighted by Crippen LogP contribution is -1.92. The minimum absolute atomic E-state index is 0.785. The van der Waals surface area contributed by atoms with Gasteiger partial charge in [-0.1, -0.05) is 0 Å². The van der Waals surface area contributed by atoms with Gasteiger partial charge in [0.2, 0.25) is 0 Å². The fourth-order valence-electron chi connectivity index (χ4n) is 0.956. The minimum Gasteiger partial charge on any atom is -0.493 e. The van der Waals surface area contributed by atoms with E-state index in [0.29, 0.717) is 0 Å². The molecule has 0 atom stereocenters. The van der Waals surface area contributed by atoms with Crippen molar-refractivity contribution in [2.24, 2.45) is 0 Å². The first-order valence-electron chi connectivity index (χ1n) is 3.57. The molecule has 66 valence electrons. The van der Waals surface area contributed by atoms with E-state index >= 15 is 0 Å². The molecule has 1 aromatic carbocycles.